The van der Waals surface area contributed by atoms with Crippen LogP contribution < -0.4 is 5.32 Å². The van der Waals surface area contributed by atoms with Crippen molar-refractivity contribution in [1.29, 1.82) is 0 Å². The number of benzene rings is 2. The number of ether oxygens (including phenoxy) is 1. The van der Waals surface area contributed by atoms with Crippen LogP contribution in [-0.4, -0.2) is 33.8 Å². The molecule has 2 aromatic carbocycles. The number of halogens is 1. The van der Waals surface area contributed by atoms with Gasteiger partial charge in [0.1, 0.15) is 5.82 Å². The molecule has 1 heterocycles. The number of esters is 1. The minimum absolute atomic E-state index is 0.0246. The number of anilines is 1. The molecule has 3 rings (SSSR count). The van der Waals surface area contributed by atoms with Crippen molar-refractivity contribution in [2.45, 2.75) is 19.0 Å². The zero-order valence-corrected chi connectivity index (χ0v) is 16.8. The van der Waals surface area contributed by atoms with Gasteiger partial charge in [0.05, 0.1) is 11.4 Å². The van der Waals surface area contributed by atoms with Gasteiger partial charge in [-0.05, 0) is 43.7 Å². The zero-order valence-electron chi connectivity index (χ0n) is 16.0. The van der Waals surface area contributed by atoms with E-state index in [0.717, 1.165) is 22.9 Å². The maximum Gasteiger partial charge on any atom is 0.316 e. The van der Waals surface area contributed by atoms with E-state index in [-0.39, 0.29) is 18.2 Å². The first kappa shape index (κ1) is 20.6. The summed E-state index contributed by atoms with van der Waals surface area (Å²) in [6.45, 7) is 3.49. The van der Waals surface area contributed by atoms with Crippen molar-refractivity contribution in [2.75, 3.05) is 17.7 Å². The summed E-state index contributed by atoms with van der Waals surface area (Å²) in [5.41, 5.74) is 3.32. The molecule has 6 nitrogen and oxygen atoms in total. The number of carbonyl (C=O) groups excluding carboxylic acids is 2. The lowest BCUT2D eigenvalue weighted by atomic mass is 10.1. The fourth-order valence-corrected chi connectivity index (χ4v) is 3.44. The van der Waals surface area contributed by atoms with E-state index in [2.05, 4.69) is 10.3 Å². The van der Waals surface area contributed by atoms with Crippen LogP contribution in [0, 0.1) is 19.7 Å². The zero-order chi connectivity index (χ0) is 20.8. The molecule has 0 aliphatic heterocycles. The number of nitrogens with zero attached hydrogens (tertiary/aromatic N) is 2. The molecule has 0 radical (unpaired) electrons. The lowest BCUT2D eigenvalue weighted by Crippen LogP contribution is -2.22. The number of carbonyl (C=O) groups is 2. The Hall–Kier alpha value is -3.13. The topological polar surface area (TPSA) is 73.2 Å². The Bertz CT molecular complexity index is 1040. The molecule has 1 aromatic heterocycles. The normalized spacial score (nSPS) is 10.6. The van der Waals surface area contributed by atoms with Crippen LogP contribution in [0.1, 0.15) is 11.1 Å². The second-order valence-corrected chi connectivity index (χ2v) is 7.32. The van der Waals surface area contributed by atoms with Gasteiger partial charge in [0.15, 0.2) is 11.8 Å². The molecule has 3 aromatic rings. The second-order valence-electron chi connectivity index (χ2n) is 6.38. The van der Waals surface area contributed by atoms with Gasteiger partial charge in [0, 0.05) is 18.1 Å². The van der Waals surface area contributed by atoms with E-state index in [4.69, 9.17) is 4.74 Å². The van der Waals surface area contributed by atoms with Crippen molar-refractivity contribution in [3.05, 3.63) is 71.8 Å². The van der Waals surface area contributed by atoms with E-state index in [1.165, 1.54) is 12.1 Å². The Morgan fingerprint density at radius 3 is 2.79 bits per heavy atom. The molecule has 1 N–H and O–H groups in total. The van der Waals surface area contributed by atoms with Crippen LogP contribution in [-0.2, 0) is 14.3 Å². The van der Waals surface area contributed by atoms with Crippen LogP contribution in [0.4, 0.5) is 10.1 Å². The standard InChI is InChI=1S/C21H20FN3O3S/c1-14-6-7-18(15(2)10-14)24-19(26)12-28-20(27)13-29-21-23-8-9-25(21)17-5-3-4-16(22)11-17/h3-11H,12-13H2,1-2H3,(H,24,26). The van der Waals surface area contributed by atoms with Crippen molar-refractivity contribution in [1.82, 2.24) is 9.55 Å². The van der Waals surface area contributed by atoms with Crippen LogP contribution in [0.3, 0.4) is 0 Å². The minimum atomic E-state index is -0.542. The number of imidazole rings is 1. The molecule has 0 spiro atoms. The molecule has 29 heavy (non-hydrogen) atoms. The minimum Gasteiger partial charge on any atom is -0.455 e. The molecule has 150 valence electrons. The average Bonchev–Trinajstić information content (AvgIpc) is 3.15. The Kier molecular flexibility index (Phi) is 6.66. The first-order chi connectivity index (χ1) is 13.9. The monoisotopic (exact) mass is 413 g/mol. The van der Waals surface area contributed by atoms with Crippen LogP contribution >= 0.6 is 11.8 Å². The van der Waals surface area contributed by atoms with Gasteiger partial charge in [-0.15, -0.1) is 0 Å². The molecule has 0 unspecified atom stereocenters. The number of hydrogen-bond acceptors (Lipinski definition) is 5. The summed E-state index contributed by atoms with van der Waals surface area (Å²) in [4.78, 5) is 28.2. The highest BCUT2D eigenvalue weighted by atomic mass is 32.2. The molecular formula is C21H20FN3O3S. The molecule has 0 fully saturated rings. The quantitative estimate of drug-likeness (QED) is 0.470. The van der Waals surface area contributed by atoms with Gasteiger partial charge in [-0.25, -0.2) is 9.37 Å². The highest BCUT2D eigenvalue weighted by Gasteiger charge is 2.13. The SMILES string of the molecule is Cc1ccc(NC(=O)COC(=O)CSc2nccn2-c2cccc(F)c2)c(C)c1. The van der Waals surface area contributed by atoms with Gasteiger partial charge in [0.25, 0.3) is 5.91 Å². The Balaban J connectivity index is 1.49. The number of thioether (sulfide) groups is 1. The average molecular weight is 413 g/mol. The lowest BCUT2D eigenvalue weighted by molar-refractivity contribution is -0.144. The molecular weight excluding hydrogens is 393 g/mol. The molecule has 0 aliphatic rings. The van der Waals surface area contributed by atoms with Gasteiger partial charge in [-0.2, -0.15) is 0 Å². The molecule has 0 saturated heterocycles. The van der Waals surface area contributed by atoms with Gasteiger partial charge >= 0.3 is 5.97 Å². The number of hydrogen-bond donors (Lipinski definition) is 1. The van der Waals surface area contributed by atoms with Crippen LogP contribution in [0.5, 0.6) is 0 Å². The first-order valence-electron chi connectivity index (χ1n) is 8.87. The highest BCUT2D eigenvalue weighted by Crippen LogP contribution is 2.21. The van der Waals surface area contributed by atoms with Crippen molar-refractivity contribution in [2.24, 2.45) is 0 Å². The number of aromatic nitrogens is 2. The van der Waals surface area contributed by atoms with Crippen molar-refractivity contribution < 1.29 is 18.7 Å². The maximum absolute atomic E-state index is 13.4. The smallest absolute Gasteiger partial charge is 0.316 e. The summed E-state index contributed by atoms with van der Waals surface area (Å²) < 4.78 is 20.1. The van der Waals surface area contributed by atoms with Gasteiger partial charge in [-0.3, -0.25) is 14.2 Å². The maximum atomic E-state index is 13.4. The number of aryl methyl sites for hydroxylation is 2. The van der Waals surface area contributed by atoms with Crippen LogP contribution in [0.2, 0.25) is 0 Å². The molecule has 0 bridgehead atoms. The molecule has 1 amide bonds. The predicted molar refractivity (Wildman–Crippen MR) is 110 cm³/mol. The Labute approximate surface area is 172 Å². The second kappa shape index (κ2) is 9.38. The summed E-state index contributed by atoms with van der Waals surface area (Å²) in [5.74, 6) is -1.33. The molecule has 8 heteroatoms. The third-order valence-electron chi connectivity index (χ3n) is 4.03. The van der Waals surface area contributed by atoms with E-state index >= 15 is 0 Å². The number of amides is 1. The van der Waals surface area contributed by atoms with Crippen molar-refractivity contribution in [3.63, 3.8) is 0 Å². The summed E-state index contributed by atoms with van der Waals surface area (Å²) in [6, 6.07) is 11.7. The number of rotatable bonds is 7. The predicted octanol–water partition coefficient (Wildman–Crippen LogP) is 3.90. The Morgan fingerprint density at radius 2 is 2.03 bits per heavy atom. The molecule has 0 saturated carbocycles. The first-order valence-corrected chi connectivity index (χ1v) is 9.86. The van der Waals surface area contributed by atoms with Gasteiger partial charge < -0.3 is 10.1 Å². The molecule has 0 atom stereocenters. The fourth-order valence-electron chi connectivity index (χ4n) is 2.67. The Morgan fingerprint density at radius 1 is 1.21 bits per heavy atom. The van der Waals surface area contributed by atoms with Crippen molar-refractivity contribution >= 4 is 29.3 Å². The van der Waals surface area contributed by atoms with Gasteiger partial charge in [0.2, 0.25) is 0 Å². The van der Waals surface area contributed by atoms with E-state index in [9.17, 15) is 14.0 Å². The van der Waals surface area contributed by atoms with Crippen LogP contribution in [0.25, 0.3) is 5.69 Å². The highest BCUT2D eigenvalue weighted by molar-refractivity contribution is 7.99. The van der Waals surface area contributed by atoms with E-state index in [1.807, 2.05) is 32.0 Å². The summed E-state index contributed by atoms with van der Waals surface area (Å²) in [5, 5.41) is 3.24. The third-order valence-corrected chi connectivity index (χ3v) is 4.97. The summed E-state index contributed by atoms with van der Waals surface area (Å²) in [7, 11) is 0. The van der Waals surface area contributed by atoms with E-state index in [0.29, 0.717) is 16.5 Å². The lowest BCUT2D eigenvalue weighted by Gasteiger charge is -2.10. The third kappa shape index (κ3) is 5.68. The van der Waals surface area contributed by atoms with Crippen molar-refractivity contribution in [3.8, 4) is 5.69 Å². The summed E-state index contributed by atoms with van der Waals surface area (Å²) in [6.07, 6.45) is 3.25. The summed E-state index contributed by atoms with van der Waals surface area (Å²) >= 11 is 1.15. The van der Waals surface area contributed by atoms with E-state index in [1.54, 1.807) is 29.1 Å². The van der Waals surface area contributed by atoms with E-state index < -0.39 is 11.9 Å². The fraction of sp³-hybridized carbons (Fsp3) is 0.190. The largest absolute Gasteiger partial charge is 0.455 e. The van der Waals surface area contributed by atoms with Gasteiger partial charge in [-0.1, -0.05) is 35.5 Å². The van der Waals surface area contributed by atoms with Crippen LogP contribution in [0.15, 0.2) is 60.0 Å². The molecule has 0 aliphatic carbocycles. The number of nitrogens with one attached hydrogen (secondary N) is 1.